The van der Waals surface area contributed by atoms with Gasteiger partial charge in [-0.1, -0.05) is 42.5 Å². The minimum Gasteiger partial charge on any atom is -0.493 e. The Morgan fingerprint density at radius 2 is 1.43 bits per heavy atom. The average Bonchev–Trinajstić information content (AvgIpc) is 2.74. The molecule has 0 bridgehead atoms. The van der Waals surface area contributed by atoms with E-state index in [0.717, 1.165) is 30.2 Å². The Hall–Kier alpha value is -2.98. The van der Waals surface area contributed by atoms with E-state index in [9.17, 15) is 0 Å². The number of methoxy groups -OCH3 is 1. The first-order chi connectivity index (χ1) is 13.8. The molecule has 3 aromatic rings. The second kappa shape index (κ2) is 11.0. The molecule has 0 atom stereocenters. The van der Waals surface area contributed by atoms with Gasteiger partial charge >= 0.3 is 0 Å². The smallest absolute Gasteiger partial charge is 0.119 e. The van der Waals surface area contributed by atoms with Crippen molar-refractivity contribution < 1.29 is 14.2 Å². The van der Waals surface area contributed by atoms with Gasteiger partial charge in [-0.2, -0.15) is 0 Å². The first-order valence-corrected chi connectivity index (χ1v) is 9.55. The van der Waals surface area contributed by atoms with E-state index in [4.69, 9.17) is 14.2 Å². The van der Waals surface area contributed by atoms with Gasteiger partial charge in [-0.3, -0.25) is 0 Å². The third-order valence-corrected chi connectivity index (χ3v) is 4.31. The van der Waals surface area contributed by atoms with Gasteiger partial charge in [-0.05, 0) is 47.5 Å². The Bertz CT molecular complexity index is 819. The number of ether oxygens (including phenoxy) is 3. The predicted molar refractivity (Wildman–Crippen MR) is 113 cm³/mol. The minimum absolute atomic E-state index is 0.556. The highest BCUT2D eigenvalue weighted by Crippen LogP contribution is 2.18. The van der Waals surface area contributed by atoms with Crippen molar-refractivity contribution in [1.29, 1.82) is 0 Å². The van der Waals surface area contributed by atoms with E-state index in [2.05, 4.69) is 41.7 Å². The van der Waals surface area contributed by atoms with Gasteiger partial charge in [-0.25, -0.2) is 0 Å². The summed E-state index contributed by atoms with van der Waals surface area (Å²) in [6.45, 7) is 2.55. The number of hydrogen-bond donors (Lipinski definition) is 1. The molecule has 0 radical (unpaired) electrons. The third kappa shape index (κ3) is 6.63. The van der Waals surface area contributed by atoms with Crippen molar-refractivity contribution in [3.8, 4) is 11.5 Å². The predicted octanol–water partition coefficient (Wildman–Crippen LogP) is 4.95. The van der Waals surface area contributed by atoms with E-state index in [0.29, 0.717) is 19.8 Å². The van der Waals surface area contributed by atoms with Gasteiger partial charge in [0.15, 0.2) is 0 Å². The topological polar surface area (TPSA) is 39.7 Å². The van der Waals surface area contributed by atoms with E-state index < -0.39 is 0 Å². The summed E-state index contributed by atoms with van der Waals surface area (Å²) < 4.78 is 16.5. The number of benzene rings is 3. The normalized spacial score (nSPS) is 10.5. The molecule has 0 aliphatic heterocycles. The lowest BCUT2D eigenvalue weighted by atomic mass is 10.2. The van der Waals surface area contributed by atoms with Crippen molar-refractivity contribution in [3.63, 3.8) is 0 Å². The van der Waals surface area contributed by atoms with Crippen molar-refractivity contribution in [1.82, 2.24) is 0 Å². The molecule has 1 N–H and O–H groups in total. The van der Waals surface area contributed by atoms with Crippen LogP contribution >= 0.6 is 0 Å². The van der Waals surface area contributed by atoms with Crippen LogP contribution in [0.5, 0.6) is 11.5 Å². The summed E-state index contributed by atoms with van der Waals surface area (Å²) in [6, 6.07) is 26.5. The maximum absolute atomic E-state index is 5.91. The van der Waals surface area contributed by atoms with E-state index in [1.165, 1.54) is 11.1 Å². The summed E-state index contributed by atoms with van der Waals surface area (Å²) in [4.78, 5) is 0. The molecular formula is C24H27NO3. The fourth-order valence-corrected chi connectivity index (χ4v) is 2.79. The molecule has 0 aromatic heterocycles. The molecule has 0 saturated carbocycles. The number of hydrogen-bond acceptors (Lipinski definition) is 4. The molecule has 0 amide bonds. The summed E-state index contributed by atoms with van der Waals surface area (Å²) >= 11 is 0. The van der Waals surface area contributed by atoms with Crippen LogP contribution in [0.25, 0.3) is 0 Å². The zero-order chi connectivity index (χ0) is 19.4. The SMILES string of the molecule is COCCOc1ccc(NCc2cccc(OCCc3ccccc3)c2)cc1. The molecule has 3 rings (SSSR count). The summed E-state index contributed by atoms with van der Waals surface area (Å²) in [5.41, 5.74) is 3.52. The van der Waals surface area contributed by atoms with Crippen LogP contribution in [0.4, 0.5) is 5.69 Å². The van der Waals surface area contributed by atoms with Crippen LogP contribution in [0.2, 0.25) is 0 Å². The van der Waals surface area contributed by atoms with Crippen LogP contribution < -0.4 is 14.8 Å². The Kier molecular flexibility index (Phi) is 7.77. The van der Waals surface area contributed by atoms with Crippen molar-refractivity contribution in [3.05, 3.63) is 90.0 Å². The largest absolute Gasteiger partial charge is 0.493 e. The number of nitrogens with one attached hydrogen (secondary N) is 1. The molecule has 0 saturated heterocycles. The van der Waals surface area contributed by atoms with Crippen LogP contribution in [0.1, 0.15) is 11.1 Å². The Labute approximate surface area is 167 Å². The zero-order valence-electron chi connectivity index (χ0n) is 16.3. The quantitative estimate of drug-likeness (QED) is 0.480. The minimum atomic E-state index is 0.556. The summed E-state index contributed by atoms with van der Waals surface area (Å²) in [5.74, 6) is 1.74. The second-order valence-corrected chi connectivity index (χ2v) is 6.45. The van der Waals surface area contributed by atoms with Crippen molar-refractivity contribution in [2.45, 2.75) is 13.0 Å². The second-order valence-electron chi connectivity index (χ2n) is 6.45. The van der Waals surface area contributed by atoms with E-state index in [1.807, 2.05) is 42.5 Å². The highest BCUT2D eigenvalue weighted by Gasteiger charge is 2.00. The molecule has 0 fully saturated rings. The maximum Gasteiger partial charge on any atom is 0.119 e. The van der Waals surface area contributed by atoms with Crippen LogP contribution in [0.15, 0.2) is 78.9 Å². The Morgan fingerprint density at radius 3 is 2.21 bits per heavy atom. The van der Waals surface area contributed by atoms with Crippen LogP contribution in [-0.2, 0) is 17.7 Å². The molecule has 3 aromatic carbocycles. The van der Waals surface area contributed by atoms with Crippen molar-refractivity contribution in [2.24, 2.45) is 0 Å². The van der Waals surface area contributed by atoms with Crippen molar-refractivity contribution >= 4 is 5.69 Å². The summed E-state index contributed by atoms with van der Waals surface area (Å²) in [7, 11) is 1.67. The lowest BCUT2D eigenvalue weighted by Gasteiger charge is -2.11. The molecule has 4 heteroatoms. The highest BCUT2D eigenvalue weighted by atomic mass is 16.5. The molecule has 146 valence electrons. The Balaban J connectivity index is 1.45. The van der Waals surface area contributed by atoms with Gasteiger partial charge < -0.3 is 19.5 Å². The summed E-state index contributed by atoms with van der Waals surface area (Å²) in [6.07, 6.45) is 0.905. The van der Waals surface area contributed by atoms with Crippen LogP contribution in [-0.4, -0.2) is 26.9 Å². The van der Waals surface area contributed by atoms with Gasteiger partial charge in [0.25, 0.3) is 0 Å². The average molecular weight is 377 g/mol. The molecule has 4 nitrogen and oxygen atoms in total. The first-order valence-electron chi connectivity index (χ1n) is 9.55. The van der Waals surface area contributed by atoms with Crippen LogP contribution in [0, 0.1) is 0 Å². The highest BCUT2D eigenvalue weighted by molar-refractivity contribution is 5.47. The first kappa shape index (κ1) is 19.8. The number of anilines is 1. The van der Waals surface area contributed by atoms with E-state index in [1.54, 1.807) is 7.11 Å². The van der Waals surface area contributed by atoms with E-state index >= 15 is 0 Å². The fraction of sp³-hybridized carbons (Fsp3) is 0.250. The zero-order valence-corrected chi connectivity index (χ0v) is 16.3. The molecule has 0 aliphatic carbocycles. The summed E-state index contributed by atoms with van der Waals surface area (Å²) in [5, 5.41) is 3.43. The molecule has 0 aliphatic rings. The third-order valence-electron chi connectivity index (χ3n) is 4.31. The molecule has 0 spiro atoms. The standard InChI is InChI=1S/C24H27NO3/c1-26-16-17-28-23-12-10-22(11-13-23)25-19-21-8-5-9-24(18-21)27-15-14-20-6-3-2-4-7-20/h2-13,18,25H,14-17,19H2,1H3. The maximum atomic E-state index is 5.91. The van der Waals surface area contributed by atoms with Gasteiger partial charge in [0.05, 0.1) is 13.2 Å². The van der Waals surface area contributed by atoms with Crippen molar-refractivity contribution in [2.75, 3.05) is 32.2 Å². The van der Waals surface area contributed by atoms with E-state index in [-0.39, 0.29) is 0 Å². The monoisotopic (exact) mass is 377 g/mol. The lowest BCUT2D eigenvalue weighted by Crippen LogP contribution is -2.04. The van der Waals surface area contributed by atoms with Crippen LogP contribution in [0.3, 0.4) is 0 Å². The van der Waals surface area contributed by atoms with Gasteiger partial charge in [-0.15, -0.1) is 0 Å². The van der Waals surface area contributed by atoms with Gasteiger partial charge in [0, 0.05) is 25.8 Å². The fourth-order valence-electron chi connectivity index (χ4n) is 2.79. The molecular weight excluding hydrogens is 350 g/mol. The van der Waals surface area contributed by atoms with Gasteiger partial charge in [0.1, 0.15) is 18.1 Å². The molecule has 28 heavy (non-hydrogen) atoms. The molecule has 0 heterocycles. The number of rotatable bonds is 11. The lowest BCUT2D eigenvalue weighted by molar-refractivity contribution is 0.146. The van der Waals surface area contributed by atoms with Gasteiger partial charge in [0.2, 0.25) is 0 Å². The Morgan fingerprint density at radius 1 is 0.679 bits per heavy atom. The molecule has 0 unspecified atom stereocenters.